The molecule has 136 valence electrons. The van der Waals surface area contributed by atoms with Crippen molar-refractivity contribution in [1.29, 1.82) is 0 Å². The molecule has 1 unspecified atom stereocenters. The first-order valence-corrected chi connectivity index (χ1v) is 9.41. The first-order valence-electron chi connectivity index (χ1n) is 9.41. The molecule has 1 atom stereocenters. The molecule has 3 heteroatoms. The van der Waals surface area contributed by atoms with Crippen molar-refractivity contribution >= 4 is 17.3 Å². The number of rotatable bonds is 7. The van der Waals surface area contributed by atoms with E-state index in [9.17, 15) is 9.59 Å². The van der Waals surface area contributed by atoms with Crippen molar-refractivity contribution in [2.45, 2.75) is 66.2 Å². The van der Waals surface area contributed by atoms with E-state index in [1.54, 1.807) is 0 Å². The summed E-state index contributed by atoms with van der Waals surface area (Å²) in [6, 6.07) is 9.56. The van der Waals surface area contributed by atoms with Gasteiger partial charge in [0.25, 0.3) is 0 Å². The molecule has 0 saturated heterocycles. The molecule has 0 amide bonds. The Balaban J connectivity index is 2.34. The highest BCUT2D eigenvalue weighted by Gasteiger charge is 2.36. The summed E-state index contributed by atoms with van der Waals surface area (Å²) >= 11 is 0. The van der Waals surface area contributed by atoms with Crippen LogP contribution in [-0.2, 0) is 14.3 Å². The molecule has 0 aliphatic heterocycles. The van der Waals surface area contributed by atoms with E-state index in [1.165, 1.54) is 0 Å². The molecule has 1 aromatic rings. The van der Waals surface area contributed by atoms with Crippen LogP contribution in [-0.4, -0.2) is 11.8 Å². The summed E-state index contributed by atoms with van der Waals surface area (Å²) in [6.07, 6.45) is 4.78. The largest absolute Gasteiger partial charge is 0.430 e. The quantitative estimate of drug-likeness (QED) is 0.610. The Labute approximate surface area is 151 Å². The van der Waals surface area contributed by atoms with E-state index in [0.29, 0.717) is 24.2 Å². The van der Waals surface area contributed by atoms with Gasteiger partial charge in [-0.15, -0.1) is 0 Å². The van der Waals surface area contributed by atoms with Crippen LogP contribution in [0.1, 0.15) is 71.8 Å². The van der Waals surface area contributed by atoms with Crippen LogP contribution in [0, 0.1) is 11.3 Å². The van der Waals surface area contributed by atoms with Crippen molar-refractivity contribution in [2.75, 3.05) is 0 Å². The van der Waals surface area contributed by atoms with Gasteiger partial charge >= 0.3 is 5.97 Å². The minimum absolute atomic E-state index is 0.0619. The van der Waals surface area contributed by atoms with E-state index in [2.05, 4.69) is 20.8 Å². The summed E-state index contributed by atoms with van der Waals surface area (Å²) in [6.45, 7) is 8.24. The molecule has 0 fully saturated rings. The van der Waals surface area contributed by atoms with Gasteiger partial charge in [-0.2, -0.15) is 0 Å². The Morgan fingerprint density at radius 2 is 1.84 bits per heavy atom. The maximum Gasteiger partial charge on any atom is 0.314 e. The van der Waals surface area contributed by atoms with Crippen LogP contribution in [0.4, 0.5) is 0 Å². The molecule has 0 radical (unpaired) electrons. The monoisotopic (exact) mass is 342 g/mol. The van der Waals surface area contributed by atoms with Gasteiger partial charge < -0.3 is 4.74 Å². The number of hydrogen-bond acceptors (Lipinski definition) is 3. The maximum absolute atomic E-state index is 12.8. The summed E-state index contributed by atoms with van der Waals surface area (Å²) in [5.41, 5.74) is 1.24. The lowest BCUT2D eigenvalue weighted by Gasteiger charge is -2.32. The van der Waals surface area contributed by atoms with E-state index in [0.717, 1.165) is 31.2 Å². The summed E-state index contributed by atoms with van der Waals surface area (Å²) in [5.74, 6) is 0.328. The van der Waals surface area contributed by atoms with E-state index in [-0.39, 0.29) is 23.1 Å². The number of carbonyl (C=O) groups excluding carboxylic acids is 2. The Morgan fingerprint density at radius 3 is 2.44 bits per heavy atom. The van der Waals surface area contributed by atoms with Crippen LogP contribution in [0.25, 0.3) is 5.57 Å². The summed E-state index contributed by atoms with van der Waals surface area (Å²) < 4.78 is 5.83. The van der Waals surface area contributed by atoms with Gasteiger partial charge in [-0.1, -0.05) is 70.9 Å². The maximum atomic E-state index is 12.8. The summed E-state index contributed by atoms with van der Waals surface area (Å²) in [7, 11) is 0. The third-order valence-electron chi connectivity index (χ3n) is 4.85. The van der Waals surface area contributed by atoms with Gasteiger partial charge in [0, 0.05) is 12.8 Å². The minimum atomic E-state index is -0.190. The minimum Gasteiger partial charge on any atom is -0.430 e. The van der Waals surface area contributed by atoms with Crippen molar-refractivity contribution in [3.63, 3.8) is 0 Å². The van der Waals surface area contributed by atoms with Crippen LogP contribution in [0.3, 0.4) is 0 Å². The highest BCUT2D eigenvalue weighted by molar-refractivity contribution is 6.22. The Bertz CT molecular complexity index is 640. The standard InChI is InChI=1S/C22H30O3/c1-5-7-11-16(6-2)21(24)25-19-15-22(3,4)14-18(23)20(19)17-12-9-8-10-13-17/h8-10,12-13,16H,5-7,11,14-15H2,1-4H3. The summed E-state index contributed by atoms with van der Waals surface area (Å²) in [5, 5.41) is 0. The number of hydrogen-bond donors (Lipinski definition) is 0. The van der Waals surface area contributed by atoms with Gasteiger partial charge in [0.1, 0.15) is 5.76 Å². The molecule has 1 aromatic carbocycles. The van der Waals surface area contributed by atoms with Gasteiger partial charge in [-0.25, -0.2) is 0 Å². The molecule has 0 heterocycles. The normalized spacial score (nSPS) is 18.2. The van der Waals surface area contributed by atoms with Crippen molar-refractivity contribution < 1.29 is 14.3 Å². The third-order valence-corrected chi connectivity index (χ3v) is 4.85. The molecule has 3 nitrogen and oxygen atoms in total. The van der Waals surface area contributed by atoms with Crippen molar-refractivity contribution in [3.8, 4) is 0 Å². The number of unbranched alkanes of at least 4 members (excludes halogenated alkanes) is 1. The average molecular weight is 342 g/mol. The molecule has 2 rings (SSSR count). The zero-order valence-corrected chi connectivity index (χ0v) is 15.9. The van der Waals surface area contributed by atoms with Gasteiger partial charge in [0.05, 0.1) is 11.5 Å². The lowest BCUT2D eigenvalue weighted by molar-refractivity contribution is -0.145. The highest BCUT2D eigenvalue weighted by atomic mass is 16.5. The number of carbonyl (C=O) groups is 2. The van der Waals surface area contributed by atoms with Crippen LogP contribution < -0.4 is 0 Å². The zero-order chi connectivity index (χ0) is 18.4. The number of ether oxygens (including phenoxy) is 1. The molecule has 0 bridgehead atoms. The molecule has 1 aliphatic carbocycles. The molecular formula is C22H30O3. The van der Waals surface area contributed by atoms with Crippen LogP contribution in [0.5, 0.6) is 0 Å². The van der Waals surface area contributed by atoms with Crippen LogP contribution >= 0.6 is 0 Å². The van der Waals surface area contributed by atoms with E-state index < -0.39 is 0 Å². The first kappa shape index (κ1) is 19.4. The number of Topliss-reactive ketones (excluding diaryl/α,β-unsaturated/α-hetero) is 1. The van der Waals surface area contributed by atoms with Crippen molar-refractivity contribution in [2.24, 2.45) is 11.3 Å². The van der Waals surface area contributed by atoms with Gasteiger partial charge in [0.15, 0.2) is 5.78 Å². The molecule has 25 heavy (non-hydrogen) atoms. The smallest absolute Gasteiger partial charge is 0.314 e. The lowest BCUT2D eigenvalue weighted by atomic mass is 9.75. The first-order chi connectivity index (χ1) is 11.9. The van der Waals surface area contributed by atoms with Crippen LogP contribution in [0.2, 0.25) is 0 Å². The molecule has 0 saturated carbocycles. The second-order valence-corrected chi connectivity index (χ2v) is 7.77. The average Bonchev–Trinajstić information content (AvgIpc) is 2.55. The fourth-order valence-electron chi connectivity index (χ4n) is 3.42. The van der Waals surface area contributed by atoms with Crippen LogP contribution in [0.15, 0.2) is 36.1 Å². The third kappa shape index (κ3) is 5.04. The number of benzene rings is 1. The van der Waals surface area contributed by atoms with Gasteiger partial charge in [0.2, 0.25) is 0 Å². The van der Waals surface area contributed by atoms with Gasteiger partial charge in [-0.05, 0) is 23.8 Å². The SMILES string of the molecule is CCCCC(CC)C(=O)OC1=C(c2ccccc2)C(=O)CC(C)(C)C1. The second-order valence-electron chi connectivity index (χ2n) is 7.77. The lowest BCUT2D eigenvalue weighted by Crippen LogP contribution is -2.28. The molecule has 1 aliphatic rings. The van der Waals surface area contributed by atoms with Crippen molar-refractivity contribution in [1.82, 2.24) is 0 Å². The fraction of sp³-hybridized carbons (Fsp3) is 0.545. The summed E-state index contributed by atoms with van der Waals surface area (Å²) in [4.78, 5) is 25.4. The topological polar surface area (TPSA) is 43.4 Å². The molecular weight excluding hydrogens is 312 g/mol. The second kappa shape index (κ2) is 8.46. The molecule has 0 N–H and O–H groups in total. The Morgan fingerprint density at radius 1 is 1.16 bits per heavy atom. The number of esters is 1. The van der Waals surface area contributed by atoms with E-state index in [4.69, 9.17) is 4.74 Å². The fourth-order valence-corrected chi connectivity index (χ4v) is 3.42. The van der Waals surface area contributed by atoms with Crippen molar-refractivity contribution in [3.05, 3.63) is 41.7 Å². The highest BCUT2D eigenvalue weighted by Crippen LogP contribution is 2.41. The number of allylic oxidation sites excluding steroid dienone is 2. The van der Waals surface area contributed by atoms with Gasteiger partial charge in [-0.3, -0.25) is 9.59 Å². The predicted octanol–water partition coefficient (Wildman–Crippen LogP) is 5.55. The number of ketones is 1. The predicted molar refractivity (Wildman–Crippen MR) is 101 cm³/mol. The zero-order valence-electron chi connectivity index (χ0n) is 15.9. The molecule has 0 spiro atoms. The Kier molecular flexibility index (Phi) is 6.57. The molecule has 0 aromatic heterocycles. The Hall–Kier alpha value is -1.90. The van der Waals surface area contributed by atoms with E-state index >= 15 is 0 Å². The van der Waals surface area contributed by atoms with E-state index in [1.807, 2.05) is 37.3 Å².